The zero-order valence-electron chi connectivity index (χ0n) is 36.7. The molecule has 0 heteroatoms. The van der Waals surface area contributed by atoms with Gasteiger partial charge in [-0.05, 0) is 93.3 Å². The van der Waals surface area contributed by atoms with Gasteiger partial charge in [-0.25, -0.2) is 0 Å². The number of hydrogen-bond donors (Lipinski definition) is 0. The average molecular weight is 705 g/mol. The minimum absolute atomic E-state index is 0.256. The lowest BCUT2D eigenvalue weighted by Crippen LogP contribution is -2.23. The highest BCUT2D eigenvalue weighted by Gasteiger charge is 2.32. The minimum atomic E-state index is 0.256. The molecule has 0 aliphatic rings. The van der Waals surface area contributed by atoms with Gasteiger partial charge >= 0.3 is 0 Å². The molecule has 4 unspecified atom stereocenters. The molecule has 4 aromatic rings. The van der Waals surface area contributed by atoms with Crippen LogP contribution in [-0.2, 0) is 0 Å². The second kappa shape index (κ2) is 22.2. The van der Waals surface area contributed by atoms with E-state index < -0.39 is 0 Å². The van der Waals surface area contributed by atoms with E-state index in [-0.39, 0.29) is 10.8 Å². The second-order valence-corrected chi connectivity index (χ2v) is 18.9. The van der Waals surface area contributed by atoms with Gasteiger partial charge in [0.2, 0.25) is 0 Å². The Labute approximate surface area is 324 Å². The van der Waals surface area contributed by atoms with Gasteiger partial charge < -0.3 is 0 Å². The van der Waals surface area contributed by atoms with E-state index in [1.807, 2.05) is 27.7 Å². The molecular formula is C52H80. The Morgan fingerprint density at radius 1 is 0.327 bits per heavy atom. The Morgan fingerprint density at radius 3 is 0.731 bits per heavy atom. The SMILES string of the molecule is CC.CC.CC(C)(C)CC(CC(c1ccccc1)C(C)(C)C)c1ccccc1.CC(C)(C)CC(CC(c1ccccc1)C(C)(C)C)c1ccccc1. The van der Waals surface area contributed by atoms with Crippen molar-refractivity contribution in [1.82, 2.24) is 0 Å². The van der Waals surface area contributed by atoms with Crippen molar-refractivity contribution >= 4 is 0 Å². The van der Waals surface area contributed by atoms with Crippen molar-refractivity contribution in [2.45, 2.75) is 160 Å². The summed E-state index contributed by atoms with van der Waals surface area (Å²) in [5.41, 5.74) is 7.09. The summed E-state index contributed by atoms with van der Waals surface area (Å²) >= 11 is 0. The van der Waals surface area contributed by atoms with Gasteiger partial charge in [-0.3, -0.25) is 0 Å². The number of benzene rings is 4. The number of hydrogen-bond acceptors (Lipinski definition) is 0. The van der Waals surface area contributed by atoms with Gasteiger partial charge in [-0.15, -0.1) is 0 Å². The summed E-state index contributed by atoms with van der Waals surface area (Å²) in [5.74, 6) is 2.31. The van der Waals surface area contributed by atoms with E-state index in [0.29, 0.717) is 34.5 Å². The van der Waals surface area contributed by atoms with E-state index in [0.717, 1.165) is 0 Å². The topological polar surface area (TPSA) is 0 Å². The Morgan fingerprint density at radius 2 is 0.538 bits per heavy atom. The Hall–Kier alpha value is -3.12. The Kier molecular flexibility index (Phi) is 20.0. The normalized spacial score (nSPS) is 14.2. The molecule has 52 heavy (non-hydrogen) atoms. The van der Waals surface area contributed by atoms with Gasteiger partial charge in [0.15, 0.2) is 0 Å². The van der Waals surface area contributed by atoms with Gasteiger partial charge in [-0.1, -0.05) is 232 Å². The molecule has 0 N–H and O–H groups in total. The van der Waals surface area contributed by atoms with Crippen LogP contribution >= 0.6 is 0 Å². The maximum absolute atomic E-state index is 2.38. The van der Waals surface area contributed by atoms with Crippen LogP contribution < -0.4 is 0 Å². The molecule has 0 aliphatic heterocycles. The molecule has 4 rings (SSSR count). The van der Waals surface area contributed by atoms with Crippen molar-refractivity contribution in [1.29, 1.82) is 0 Å². The molecule has 0 bridgehead atoms. The first-order valence-electron chi connectivity index (χ1n) is 20.5. The summed E-state index contributed by atoms with van der Waals surface area (Å²) in [6.07, 6.45) is 4.84. The van der Waals surface area contributed by atoms with Crippen LogP contribution in [0.3, 0.4) is 0 Å². The maximum Gasteiger partial charge on any atom is -0.0107 e. The van der Waals surface area contributed by atoms with Gasteiger partial charge in [0, 0.05) is 0 Å². The molecule has 0 radical (unpaired) electrons. The van der Waals surface area contributed by atoms with E-state index in [2.05, 4.69) is 204 Å². The number of rotatable bonds is 10. The predicted octanol–water partition coefficient (Wildman–Crippen LogP) is 16.9. The zero-order valence-corrected chi connectivity index (χ0v) is 36.7. The molecule has 4 atom stereocenters. The van der Waals surface area contributed by atoms with Crippen LogP contribution in [0.5, 0.6) is 0 Å². The van der Waals surface area contributed by atoms with E-state index >= 15 is 0 Å². The first-order chi connectivity index (χ1) is 24.3. The highest BCUT2D eigenvalue weighted by molar-refractivity contribution is 5.27. The average Bonchev–Trinajstić information content (AvgIpc) is 3.10. The van der Waals surface area contributed by atoms with Gasteiger partial charge in [0.25, 0.3) is 0 Å². The predicted molar refractivity (Wildman–Crippen MR) is 236 cm³/mol. The summed E-state index contributed by atoms with van der Waals surface area (Å²) in [5, 5.41) is 0. The maximum atomic E-state index is 2.38. The molecule has 0 nitrogen and oxygen atoms in total. The lowest BCUT2D eigenvalue weighted by Gasteiger charge is -2.36. The van der Waals surface area contributed by atoms with E-state index in [1.54, 1.807) is 0 Å². The molecule has 0 saturated heterocycles. The summed E-state index contributed by atoms with van der Waals surface area (Å²) in [6.45, 7) is 36.4. The van der Waals surface area contributed by atoms with Crippen molar-refractivity contribution in [3.8, 4) is 0 Å². The molecule has 288 valence electrons. The standard InChI is InChI=1S/2C24H34.2C2H6/c2*1-23(2,3)18-21(19-13-9-7-10-14-19)17-22(24(4,5)6)20-15-11-8-12-16-20;2*1-2/h2*7-16,21-22H,17-18H2,1-6H3;2*1-2H3. The van der Waals surface area contributed by atoms with Crippen LogP contribution in [0.2, 0.25) is 0 Å². The summed E-state index contributed by atoms with van der Waals surface area (Å²) in [4.78, 5) is 0. The van der Waals surface area contributed by atoms with E-state index in [4.69, 9.17) is 0 Å². The third-order valence-electron chi connectivity index (χ3n) is 9.79. The smallest absolute Gasteiger partial charge is 0.0107 e. The fraction of sp³-hybridized carbons (Fsp3) is 0.538. The van der Waals surface area contributed by atoms with Crippen molar-refractivity contribution in [2.75, 3.05) is 0 Å². The molecule has 0 aromatic heterocycles. The monoisotopic (exact) mass is 705 g/mol. The lowest BCUT2D eigenvalue weighted by molar-refractivity contribution is 0.256. The fourth-order valence-corrected chi connectivity index (χ4v) is 7.52. The quantitative estimate of drug-likeness (QED) is 0.154. The van der Waals surface area contributed by atoms with Crippen molar-refractivity contribution in [3.63, 3.8) is 0 Å². The highest BCUT2D eigenvalue weighted by atomic mass is 14.4. The van der Waals surface area contributed by atoms with Crippen LogP contribution in [-0.4, -0.2) is 0 Å². The van der Waals surface area contributed by atoms with E-state index in [9.17, 15) is 0 Å². The molecule has 0 spiro atoms. The van der Waals surface area contributed by atoms with Crippen LogP contribution in [0.4, 0.5) is 0 Å². The highest BCUT2D eigenvalue weighted by Crippen LogP contribution is 2.46. The molecule has 4 aromatic carbocycles. The largest absolute Gasteiger partial charge is 0.0683 e. The van der Waals surface area contributed by atoms with Crippen molar-refractivity contribution in [3.05, 3.63) is 144 Å². The van der Waals surface area contributed by atoms with Gasteiger partial charge in [0.1, 0.15) is 0 Å². The zero-order chi connectivity index (χ0) is 39.6. The lowest BCUT2D eigenvalue weighted by atomic mass is 9.68. The van der Waals surface area contributed by atoms with Crippen molar-refractivity contribution < 1.29 is 0 Å². The first-order valence-corrected chi connectivity index (χ1v) is 20.5. The molecule has 0 aliphatic carbocycles. The first kappa shape index (κ1) is 46.9. The molecule has 0 saturated carbocycles. The Bertz CT molecular complexity index is 1310. The third kappa shape index (κ3) is 17.6. The van der Waals surface area contributed by atoms with Crippen LogP contribution in [0, 0.1) is 21.7 Å². The van der Waals surface area contributed by atoms with Gasteiger partial charge in [-0.2, -0.15) is 0 Å². The molecule has 0 amide bonds. The van der Waals surface area contributed by atoms with Crippen LogP contribution in [0.1, 0.15) is 182 Å². The Balaban J connectivity index is 0.000000475. The molecule has 0 heterocycles. The summed E-state index contributed by atoms with van der Waals surface area (Å²) in [7, 11) is 0. The van der Waals surface area contributed by atoms with Crippen molar-refractivity contribution in [2.24, 2.45) is 21.7 Å². The summed E-state index contributed by atoms with van der Waals surface area (Å²) in [6, 6.07) is 44.3. The van der Waals surface area contributed by atoms with E-state index in [1.165, 1.54) is 47.9 Å². The molecule has 0 fully saturated rings. The second-order valence-electron chi connectivity index (χ2n) is 18.9. The fourth-order valence-electron chi connectivity index (χ4n) is 7.52. The third-order valence-corrected chi connectivity index (χ3v) is 9.79. The summed E-state index contributed by atoms with van der Waals surface area (Å²) < 4.78 is 0. The van der Waals surface area contributed by atoms with Crippen LogP contribution in [0.25, 0.3) is 0 Å². The van der Waals surface area contributed by atoms with Crippen LogP contribution in [0.15, 0.2) is 121 Å². The molecular weight excluding hydrogens is 625 g/mol. The minimum Gasteiger partial charge on any atom is -0.0683 e. The van der Waals surface area contributed by atoms with Gasteiger partial charge in [0.05, 0.1) is 0 Å².